The third-order valence-corrected chi connectivity index (χ3v) is 4.69. The predicted molar refractivity (Wildman–Crippen MR) is 96.5 cm³/mol. The summed E-state index contributed by atoms with van der Waals surface area (Å²) in [6, 6.07) is 5.15. The lowest BCUT2D eigenvalue weighted by Crippen LogP contribution is -2.47. The summed E-state index contributed by atoms with van der Waals surface area (Å²) in [5, 5.41) is 10.0. The minimum atomic E-state index is -0.213. The van der Waals surface area contributed by atoms with Crippen LogP contribution in [0.4, 0.5) is 11.4 Å². The minimum absolute atomic E-state index is 0.00476. The summed E-state index contributed by atoms with van der Waals surface area (Å²) in [5.74, 6) is 0.224. The number of nitrogens with zero attached hydrogens (tertiary/aromatic N) is 3. The largest absolute Gasteiger partial charge is 0.482 e. The van der Waals surface area contributed by atoms with Gasteiger partial charge in [0.15, 0.2) is 6.61 Å². The Hall–Kier alpha value is -3.03. The first-order valence-electron chi connectivity index (χ1n) is 8.69. The van der Waals surface area contributed by atoms with Crippen molar-refractivity contribution in [2.45, 2.75) is 18.9 Å². The molecule has 1 aromatic heterocycles. The molecule has 0 spiro atoms. The molecule has 1 saturated heterocycles. The van der Waals surface area contributed by atoms with E-state index in [0.29, 0.717) is 17.0 Å². The smallest absolute Gasteiger partial charge is 0.262 e. The lowest BCUT2D eigenvalue weighted by molar-refractivity contribution is -0.118. The maximum atomic E-state index is 12.6. The van der Waals surface area contributed by atoms with Gasteiger partial charge in [-0.3, -0.25) is 14.3 Å². The number of carbonyl (C=O) groups is 2. The van der Waals surface area contributed by atoms with Crippen LogP contribution in [0.3, 0.4) is 0 Å². The molecule has 1 atom stereocenters. The maximum absolute atomic E-state index is 12.6. The number of hydrogen-bond acceptors (Lipinski definition) is 5. The van der Waals surface area contributed by atoms with Crippen molar-refractivity contribution >= 4 is 23.2 Å². The predicted octanol–water partition coefficient (Wildman–Crippen LogP) is 1.15. The zero-order valence-corrected chi connectivity index (χ0v) is 14.6. The van der Waals surface area contributed by atoms with Gasteiger partial charge in [0.05, 0.1) is 17.6 Å². The van der Waals surface area contributed by atoms with Crippen LogP contribution in [0.5, 0.6) is 5.75 Å². The standard InChI is InChI=1S/C18H21N5O3/c1-22-10-14(8-19-22)23-6-2-3-13(9-23)20-18(25)12-4-5-16-15(7-12)21-17(24)11-26-16/h4-5,7-8,10,13H,2-3,6,9,11H2,1H3,(H,20,25)(H,21,24). The number of benzene rings is 1. The van der Waals surface area contributed by atoms with Gasteiger partial charge in [0.1, 0.15) is 5.75 Å². The van der Waals surface area contributed by atoms with Crippen molar-refractivity contribution in [3.63, 3.8) is 0 Å². The third-order valence-electron chi connectivity index (χ3n) is 4.69. The first-order chi connectivity index (χ1) is 12.6. The molecule has 8 nitrogen and oxygen atoms in total. The number of fused-ring (bicyclic) bond motifs is 1. The minimum Gasteiger partial charge on any atom is -0.482 e. The molecule has 0 aliphatic carbocycles. The van der Waals surface area contributed by atoms with Crippen LogP contribution in [0.1, 0.15) is 23.2 Å². The number of piperidine rings is 1. The molecular weight excluding hydrogens is 334 g/mol. The third kappa shape index (κ3) is 3.35. The fourth-order valence-corrected chi connectivity index (χ4v) is 3.39. The van der Waals surface area contributed by atoms with Crippen LogP contribution >= 0.6 is 0 Å². The Labute approximate surface area is 151 Å². The molecule has 136 valence electrons. The molecule has 1 unspecified atom stereocenters. The molecule has 26 heavy (non-hydrogen) atoms. The maximum Gasteiger partial charge on any atom is 0.262 e. The van der Waals surface area contributed by atoms with Crippen LogP contribution < -0.4 is 20.3 Å². The van der Waals surface area contributed by atoms with Crippen molar-refractivity contribution in [3.8, 4) is 5.75 Å². The van der Waals surface area contributed by atoms with Crippen molar-refractivity contribution in [2.24, 2.45) is 7.05 Å². The monoisotopic (exact) mass is 355 g/mol. The number of amides is 2. The topological polar surface area (TPSA) is 88.5 Å². The molecular formula is C18H21N5O3. The van der Waals surface area contributed by atoms with E-state index in [0.717, 1.165) is 31.6 Å². The lowest BCUT2D eigenvalue weighted by Gasteiger charge is -2.33. The quantitative estimate of drug-likeness (QED) is 0.862. The van der Waals surface area contributed by atoms with E-state index in [9.17, 15) is 9.59 Å². The van der Waals surface area contributed by atoms with Crippen LogP contribution in [0.25, 0.3) is 0 Å². The van der Waals surface area contributed by atoms with E-state index in [1.54, 1.807) is 22.9 Å². The number of aryl methyl sites for hydroxylation is 1. The van der Waals surface area contributed by atoms with Crippen molar-refractivity contribution in [1.29, 1.82) is 0 Å². The molecule has 3 heterocycles. The zero-order chi connectivity index (χ0) is 18.1. The highest BCUT2D eigenvalue weighted by atomic mass is 16.5. The van der Waals surface area contributed by atoms with Crippen LogP contribution in [-0.2, 0) is 11.8 Å². The number of hydrogen-bond donors (Lipinski definition) is 2. The van der Waals surface area contributed by atoms with E-state index in [4.69, 9.17) is 4.74 Å². The molecule has 2 aliphatic rings. The summed E-state index contributed by atoms with van der Waals surface area (Å²) < 4.78 is 7.11. The highest BCUT2D eigenvalue weighted by molar-refractivity contribution is 6.00. The van der Waals surface area contributed by atoms with Crippen molar-refractivity contribution in [2.75, 3.05) is 29.9 Å². The van der Waals surface area contributed by atoms with Crippen molar-refractivity contribution in [1.82, 2.24) is 15.1 Å². The van der Waals surface area contributed by atoms with Crippen LogP contribution in [0.2, 0.25) is 0 Å². The van der Waals surface area contributed by atoms with E-state index in [2.05, 4.69) is 20.6 Å². The summed E-state index contributed by atoms with van der Waals surface area (Å²) in [4.78, 5) is 26.3. The number of carbonyl (C=O) groups excluding carboxylic acids is 2. The molecule has 0 radical (unpaired) electrons. The van der Waals surface area contributed by atoms with Gasteiger partial charge in [-0.05, 0) is 31.0 Å². The second kappa shape index (κ2) is 6.70. The molecule has 2 aliphatic heterocycles. The fraction of sp³-hybridized carbons (Fsp3) is 0.389. The van der Waals surface area contributed by atoms with Crippen molar-refractivity contribution in [3.05, 3.63) is 36.2 Å². The van der Waals surface area contributed by atoms with E-state index in [-0.39, 0.29) is 24.5 Å². The van der Waals surface area contributed by atoms with E-state index >= 15 is 0 Å². The Balaban J connectivity index is 1.43. The van der Waals surface area contributed by atoms with Gasteiger partial charge in [0.25, 0.3) is 11.8 Å². The van der Waals surface area contributed by atoms with Crippen molar-refractivity contribution < 1.29 is 14.3 Å². The first-order valence-corrected chi connectivity index (χ1v) is 8.69. The first kappa shape index (κ1) is 16.4. The number of ether oxygens (including phenoxy) is 1. The second-order valence-electron chi connectivity index (χ2n) is 6.68. The number of nitrogens with one attached hydrogen (secondary N) is 2. The molecule has 2 N–H and O–H groups in total. The van der Waals surface area contributed by atoms with Gasteiger partial charge in [-0.15, -0.1) is 0 Å². The van der Waals surface area contributed by atoms with Gasteiger partial charge in [0.2, 0.25) is 0 Å². The van der Waals surface area contributed by atoms with Gasteiger partial charge < -0.3 is 20.3 Å². The fourth-order valence-electron chi connectivity index (χ4n) is 3.39. The van der Waals surface area contributed by atoms with Gasteiger partial charge in [-0.1, -0.05) is 0 Å². The molecule has 4 rings (SSSR count). The van der Waals surface area contributed by atoms with Gasteiger partial charge in [-0.25, -0.2) is 0 Å². The number of aromatic nitrogens is 2. The average Bonchev–Trinajstić information content (AvgIpc) is 3.08. The highest BCUT2D eigenvalue weighted by Crippen LogP contribution is 2.28. The molecule has 1 aromatic carbocycles. The van der Waals surface area contributed by atoms with E-state index in [1.807, 2.05) is 19.4 Å². The van der Waals surface area contributed by atoms with Gasteiger partial charge >= 0.3 is 0 Å². The summed E-state index contributed by atoms with van der Waals surface area (Å²) in [6.45, 7) is 1.72. The number of rotatable bonds is 3. The molecule has 8 heteroatoms. The Morgan fingerprint density at radius 3 is 3.12 bits per heavy atom. The zero-order valence-electron chi connectivity index (χ0n) is 14.6. The van der Waals surface area contributed by atoms with Gasteiger partial charge in [-0.2, -0.15) is 5.10 Å². The van der Waals surface area contributed by atoms with Gasteiger partial charge in [0, 0.05) is 37.9 Å². The molecule has 0 saturated carbocycles. The Bertz CT molecular complexity index is 847. The average molecular weight is 355 g/mol. The molecule has 2 aromatic rings. The Kier molecular flexibility index (Phi) is 4.24. The summed E-state index contributed by atoms with van der Waals surface area (Å²) in [7, 11) is 1.89. The summed E-state index contributed by atoms with van der Waals surface area (Å²) in [5.41, 5.74) is 2.11. The normalized spacial score (nSPS) is 19.3. The van der Waals surface area contributed by atoms with E-state index in [1.165, 1.54) is 0 Å². The molecule has 0 bridgehead atoms. The Morgan fingerprint density at radius 1 is 1.42 bits per heavy atom. The SMILES string of the molecule is Cn1cc(N2CCCC(NC(=O)c3ccc4c(c3)NC(=O)CO4)C2)cn1. The van der Waals surface area contributed by atoms with Crippen LogP contribution in [-0.4, -0.2) is 47.3 Å². The summed E-state index contributed by atoms with van der Waals surface area (Å²) >= 11 is 0. The Morgan fingerprint density at radius 2 is 2.31 bits per heavy atom. The second-order valence-corrected chi connectivity index (χ2v) is 6.68. The molecule has 1 fully saturated rings. The summed E-state index contributed by atoms with van der Waals surface area (Å²) in [6.07, 6.45) is 5.77. The lowest BCUT2D eigenvalue weighted by atomic mass is 10.0. The number of anilines is 2. The van der Waals surface area contributed by atoms with Crippen LogP contribution in [0.15, 0.2) is 30.6 Å². The van der Waals surface area contributed by atoms with Crippen LogP contribution in [0, 0.1) is 0 Å². The highest BCUT2D eigenvalue weighted by Gasteiger charge is 2.24. The van der Waals surface area contributed by atoms with E-state index < -0.39 is 0 Å². The molecule has 2 amide bonds.